The van der Waals surface area contributed by atoms with Crippen molar-refractivity contribution in [2.75, 3.05) is 0 Å². The van der Waals surface area contributed by atoms with Crippen LogP contribution < -0.4 is 0 Å². The Morgan fingerprint density at radius 1 is 1.14 bits per heavy atom. The standard InChI is InChI=1S/C18H20F2O2/c1-17-8-6-12-10(11(17)4-5-15(17)22)2-3-13-16(19)14(21)7-9-18(12,13)20/h7,9-12H,2-6,8H2,1H3. The molecule has 22 heavy (non-hydrogen) atoms. The average molecular weight is 306 g/mol. The molecule has 0 spiro atoms. The number of ketones is 2. The zero-order chi connectivity index (χ0) is 15.7. The molecule has 0 heterocycles. The maximum atomic E-state index is 15.6. The normalized spacial score (nSPS) is 47.3. The molecule has 0 bridgehead atoms. The summed E-state index contributed by atoms with van der Waals surface area (Å²) in [5.41, 5.74) is -2.09. The number of hydrogen-bond donors (Lipinski definition) is 0. The van der Waals surface area contributed by atoms with Crippen LogP contribution in [0.2, 0.25) is 0 Å². The number of Topliss-reactive ketones (excluding diaryl/α,β-unsaturated/α-hetero) is 1. The Balaban J connectivity index is 1.75. The Labute approximate surface area is 128 Å². The lowest BCUT2D eigenvalue weighted by molar-refractivity contribution is -0.132. The molecule has 0 aromatic rings. The van der Waals surface area contributed by atoms with Crippen LogP contribution in [0.1, 0.15) is 45.4 Å². The summed E-state index contributed by atoms with van der Waals surface area (Å²) in [5.74, 6) is -1.26. The van der Waals surface area contributed by atoms with Crippen molar-refractivity contribution >= 4 is 11.6 Å². The molecule has 5 atom stereocenters. The Bertz CT molecular complexity index is 635. The molecule has 0 amide bonds. The second-order valence-electron chi connectivity index (χ2n) is 7.59. The average Bonchev–Trinajstić information content (AvgIpc) is 2.79. The third-order valence-corrected chi connectivity index (χ3v) is 6.83. The first-order chi connectivity index (χ1) is 10.4. The molecule has 118 valence electrons. The highest BCUT2D eigenvalue weighted by molar-refractivity contribution is 6.04. The quantitative estimate of drug-likeness (QED) is 0.681. The maximum absolute atomic E-state index is 15.6. The van der Waals surface area contributed by atoms with Crippen molar-refractivity contribution in [2.45, 2.75) is 51.1 Å². The van der Waals surface area contributed by atoms with E-state index >= 15 is 4.39 Å². The van der Waals surface area contributed by atoms with Crippen LogP contribution in [-0.2, 0) is 9.59 Å². The van der Waals surface area contributed by atoms with Gasteiger partial charge in [0.15, 0.2) is 11.5 Å². The van der Waals surface area contributed by atoms with E-state index < -0.39 is 17.3 Å². The van der Waals surface area contributed by atoms with Gasteiger partial charge in [0, 0.05) is 23.3 Å². The Hall–Kier alpha value is -1.32. The van der Waals surface area contributed by atoms with E-state index in [1.807, 2.05) is 6.92 Å². The SMILES string of the molecule is CC12CCC3C(CCC4=C(F)C(=O)C=CC43F)C1CCC2=O. The van der Waals surface area contributed by atoms with Crippen LogP contribution in [0.5, 0.6) is 0 Å². The van der Waals surface area contributed by atoms with Crippen LogP contribution in [0, 0.1) is 23.2 Å². The van der Waals surface area contributed by atoms with Gasteiger partial charge in [-0.2, -0.15) is 0 Å². The number of halogens is 2. The summed E-state index contributed by atoms with van der Waals surface area (Å²) >= 11 is 0. The molecule has 5 unspecified atom stereocenters. The molecule has 4 aliphatic rings. The summed E-state index contributed by atoms with van der Waals surface area (Å²) in [6, 6.07) is 0. The van der Waals surface area contributed by atoms with Crippen LogP contribution >= 0.6 is 0 Å². The van der Waals surface area contributed by atoms with Crippen LogP contribution in [0.4, 0.5) is 8.78 Å². The van der Waals surface area contributed by atoms with Crippen LogP contribution in [0.25, 0.3) is 0 Å². The van der Waals surface area contributed by atoms with E-state index in [0.717, 1.165) is 12.5 Å². The van der Waals surface area contributed by atoms with Gasteiger partial charge in [-0.1, -0.05) is 6.92 Å². The molecule has 0 radical (unpaired) electrons. The first-order valence-electron chi connectivity index (χ1n) is 8.23. The van der Waals surface area contributed by atoms with Gasteiger partial charge in [-0.05, 0) is 56.1 Å². The molecule has 4 heteroatoms. The van der Waals surface area contributed by atoms with Crippen molar-refractivity contribution in [3.05, 3.63) is 23.6 Å². The number of rotatable bonds is 0. The van der Waals surface area contributed by atoms with E-state index in [0.29, 0.717) is 37.9 Å². The molecular formula is C18H20F2O2. The van der Waals surface area contributed by atoms with E-state index in [-0.39, 0.29) is 28.7 Å². The molecular weight excluding hydrogens is 286 g/mol. The third kappa shape index (κ3) is 1.59. The summed E-state index contributed by atoms with van der Waals surface area (Å²) in [6.07, 6.45) is 6.01. The van der Waals surface area contributed by atoms with Crippen molar-refractivity contribution in [3.8, 4) is 0 Å². The van der Waals surface area contributed by atoms with Crippen LogP contribution in [0.15, 0.2) is 23.6 Å². The predicted molar refractivity (Wildman–Crippen MR) is 77.4 cm³/mol. The molecule has 0 aliphatic heterocycles. The van der Waals surface area contributed by atoms with Crippen LogP contribution in [-0.4, -0.2) is 17.2 Å². The zero-order valence-corrected chi connectivity index (χ0v) is 12.7. The summed E-state index contributed by atoms with van der Waals surface area (Å²) < 4.78 is 29.7. The fourth-order valence-electron chi connectivity index (χ4n) is 5.63. The summed E-state index contributed by atoms with van der Waals surface area (Å²) in [5, 5.41) is 0. The Kier molecular flexibility index (Phi) is 2.83. The molecule has 0 aromatic heterocycles. The van der Waals surface area contributed by atoms with Gasteiger partial charge in [0.25, 0.3) is 0 Å². The fourth-order valence-corrected chi connectivity index (χ4v) is 5.63. The van der Waals surface area contributed by atoms with Gasteiger partial charge in [0.2, 0.25) is 5.78 Å². The monoisotopic (exact) mass is 306 g/mol. The Morgan fingerprint density at radius 2 is 1.91 bits per heavy atom. The van der Waals surface area contributed by atoms with Crippen molar-refractivity contribution in [3.63, 3.8) is 0 Å². The third-order valence-electron chi connectivity index (χ3n) is 6.83. The lowest BCUT2D eigenvalue weighted by Crippen LogP contribution is -2.52. The van der Waals surface area contributed by atoms with E-state index in [2.05, 4.69) is 0 Å². The van der Waals surface area contributed by atoms with Crippen LogP contribution in [0.3, 0.4) is 0 Å². The minimum Gasteiger partial charge on any atom is -0.299 e. The van der Waals surface area contributed by atoms with Gasteiger partial charge >= 0.3 is 0 Å². The Morgan fingerprint density at radius 3 is 2.68 bits per heavy atom. The second kappa shape index (κ2) is 4.36. The van der Waals surface area contributed by atoms with Crippen molar-refractivity contribution in [1.82, 2.24) is 0 Å². The first kappa shape index (κ1) is 14.3. The van der Waals surface area contributed by atoms with Crippen molar-refractivity contribution in [1.29, 1.82) is 0 Å². The van der Waals surface area contributed by atoms with Crippen molar-refractivity contribution < 1.29 is 18.4 Å². The fraction of sp³-hybridized carbons (Fsp3) is 0.667. The molecule has 4 aliphatic carbocycles. The number of hydrogen-bond acceptors (Lipinski definition) is 2. The zero-order valence-electron chi connectivity index (χ0n) is 12.7. The smallest absolute Gasteiger partial charge is 0.214 e. The molecule has 0 N–H and O–H groups in total. The van der Waals surface area contributed by atoms with E-state index in [4.69, 9.17) is 0 Å². The molecule has 0 aromatic carbocycles. The van der Waals surface area contributed by atoms with Gasteiger partial charge in [0.1, 0.15) is 5.78 Å². The first-order valence-corrected chi connectivity index (χ1v) is 8.23. The minimum absolute atomic E-state index is 0.0502. The summed E-state index contributed by atoms with van der Waals surface area (Å²) in [4.78, 5) is 23.7. The lowest BCUT2D eigenvalue weighted by atomic mass is 9.52. The van der Waals surface area contributed by atoms with Gasteiger partial charge in [0.05, 0.1) is 0 Å². The summed E-state index contributed by atoms with van der Waals surface area (Å²) in [7, 11) is 0. The number of carbonyl (C=O) groups excluding carboxylic acids is 2. The van der Waals surface area contributed by atoms with Gasteiger partial charge < -0.3 is 0 Å². The molecule has 2 nitrogen and oxygen atoms in total. The maximum Gasteiger partial charge on any atom is 0.214 e. The lowest BCUT2D eigenvalue weighted by Gasteiger charge is -2.53. The van der Waals surface area contributed by atoms with Gasteiger partial charge in [-0.25, -0.2) is 8.78 Å². The molecule has 3 saturated carbocycles. The van der Waals surface area contributed by atoms with Gasteiger partial charge in [-0.3, -0.25) is 9.59 Å². The highest BCUT2D eigenvalue weighted by Crippen LogP contribution is 2.62. The highest BCUT2D eigenvalue weighted by atomic mass is 19.1. The molecule has 0 saturated heterocycles. The second-order valence-corrected chi connectivity index (χ2v) is 7.59. The van der Waals surface area contributed by atoms with Crippen molar-refractivity contribution in [2.24, 2.45) is 23.2 Å². The predicted octanol–water partition coefficient (Wildman–Crippen LogP) is 3.86. The van der Waals surface area contributed by atoms with Gasteiger partial charge in [-0.15, -0.1) is 0 Å². The van der Waals surface area contributed by atoms with E-state index in [1.165, 1.54) is 6.08 Å². The molecule has 4 rings (SSSR count). The highest BCUT2D eigenvalue weighted by Gasteiger charge is 2.60. The minimum atomic E-state index is -1.83. The number of alkyl halides is 1. The number of fused-ring (bicyclic) bond motifs is 5. The number of allylic oxidation sites excluding steroid dienone is 4. The van der Waals surface area contributed by atoms with E-state index in [1.54, 1.807) is 0 Å². The molecule has 3 fully saturated rings. The topological polar surface area (TPSA) is 34.1 Å². The number of carbonyl (C=O) groups is 2. The summed E-state index contributed by atoms with van der Waals surface area (Å²) in [6.45, 7) is 2.03. The van der Waals surface area contributed by atoms with E-state index in [9.17, 15) is 14.0 Å². The largest absolute Gasteiger partial charge is 0.299 e.